The monoisotopic (exact) mass is 339 g/mol. The van der Waals surface area contributed by atoms with E-state index in [9.17, 15) is 15.0 Å². The largest absolute Gasteiger partial charge is 0.504 e. The van der Waals surface area contributed by atoms with Gasteiger partial charge < -0.3 is 20.3 Å². The number of carbonyl (C=O) groups is 1. The Labute approximate surface area is 146 Å². The summed E-state index contributed by atoms with van der Waals surface area (Å²) in [5, 5.41) is 21.7. The van der Waals surface area contributed by atoms with E-state index in [1.165, 1.54) is 12.1 Å². The molecule has 1 atom stereocenters. The van der Waals surface area contributed by atoms with Crippen LogP contribution in [-0.2, 0) is 4.74 Å². The Balaban J connectivity index is 1.58. The van der Waals surface area contributed by atoms with Crippen LogP contribution in [0.5, 0.6) is 11.5 Å². The molecule has 3 N–H and O–H groups in total. The molecule has 0 aromatic heterocycles. The minimum Gasteiger partial charge on any atom is -0.504 e. The molecule has 1 aliphatic rings. The van der Waals surface area contributed by atoms with Crippen molar-refractivity contribution >= 4 is 18.1 Å². The second-order valence-electron chi connectivity index (χ2n) is 6.05. The highest BCUT2D eigenvalue weighted by Gasteiger charge is 2.16. The van der Waals surface area contributed by atoms with Crippen molar-refractivity contribution in [3.63, 3.8) is 0 Å². The maximum atomic E-state index is 12.1. The Bertz CT molecular complexity index is 762. The van der Waals surface area contributed by atoms with E-state index < -0.39 is 0 Å². The molecule has 1 amide bonds. The van der Waals surface area contributed by atoms with Crippen LogP contribution in [0.2, 0.25) is 0 Å². The van der Waals surface area contributed by atoms with Crippen LogP contribution in [0.15, 0.2) is 42.5 Å². The molecule has 3 rings (SSSR count). The van der Waals surface area contributed by atoms with E-state index in [-0.39, 0.29) is 23.5 Å². The third-order valence-corrected chi connectivity index (χ3v) is 4.15. The molecule has 0 bridgehead atoms. The SMILES string of the molecule is O=C(NCC1CCCO1)c1ccc(/C=C\c2ccc(O)c(O)c2)cc1. The first-order valence-corrected chi connectivity index (χ1v) is 8.32. The molecule has 1 fully saturated rings. The van der Waals surface area contributed by atoms with Gasteiger partial charge in [-0.05, 0) is 48.2 Å². The number of rotatable bonds is 5. The van der Waals surface area contributed by atoms with Gasteiger partial charge in [0.2, 0.25) is 0 Å². The molecule has 2 aromatic rings. The summed E-state index contributed by atoms with van der Waals surface area (Å²) in [6.07, 6.45) is 5.89. The maximum absolute atomic E-state index is 12.1. The van der Waals surface area contributed by atoms with E-state index in [1.807, 2.05) is 24.3 Å². The number of hydrogen-bond acceptors (Lipinski definition) is 4. The van der Waals surface area contributed by atoms with Crippen molar-refractivity contribution in [2.45, 2.75) is 18.9 Å². The fourth-order valence-electron chi connectivity index (χ4n) is 2.70. The van der Waals surface area contributed by atoms with Crippen LogP contribution in [0.3, 0.4) is 0 Å². The number of hydrogen-bond donors (Lipinski definition) is 3. The van der Waals surface area contributed by atoms with E-state index in [2.05, 4.69) is 5.32 Å². The molecule has 0 aliphatic carbocycles. The Kier molecular flexibility index (Phi) is 5.36. The van der Waals surface area contributed by atoms with Crippen LogP contribution in [0, 0.1) is 0 Å². The van der Waals surface area contributed by atoms with Crippen molar-refractivity contribution in [1.82, 2.24) is 5.32 Å². The van der Waals surface area contributed by atoms with Gasteiger partial charge in [-0.3, -0.25) is 4.79 Å². The van der Waals surface area contributed by atoms with Gasteiger partial charge in [0.1, 0.15) is 0 Å². The molecule has 0 radical (unpaired) electrons. The lowest BCUT2D eigenvalue weighted by Crippen LogP contribution is -2.31. The fourth-order valence-corrected chi connectivity index (χ4v) is 2.70. The summed E-state index contributed by atoms with van der Waals surface area (Å²) in [5.41, 5.74) is 2.31. The number of benzene rings is 2. The van der Waals surface area contributed by atoms with Gasteiger partial charge in [-0.15, -0.1) is 0 Å². The van der Waals surface area contributed by atoms with Crippen molar-refractivity contribution in [2.75, 3.05) is 13.2 Å². The lowest BCUT2D eigenvalue weighted by molar-refractivity contribution is 0.0858. The summed E-state index contributed by atoms with van der Waals surface area (Å²) >= 11 is 0. The molecule has 1 unspecified atom stereocenters. The second kappa shape index (κ2) is 7.85. The normalized spacial score (nSPS) is 17.0. The van der Waals surface area contributed by atoms with E-state index in [4.69, 9.17) is 4.74 Å². The van der Waals surface area contributed by atoms with Gasteiger partial charge in [-0.1, -0.05) is 30.4 Å². The van der Waals surface area contributed by atoms with Crippen molar-refractivity contribution in [3.05, 3.63) is 59.2 Å². The van der Waals surface area contributed by atoms with E-state index in [0.717, 1.165) is 30.6 Å². The van der Waals surface area contributed by atoms with Crippen molar-refractivity contribution in [3.8, 4) is 11.5 Å². The molecule has 1 heterocycles. The summed E-state index contributed by atoms with van der Waals surface area (Å²) in [7, 11) is 0. The van der Waals surface area contributed by atoms with Gasteiger partial charge in [0.25, 0.3) is 5.91 Å². The quantitative estimate of drug-likeness (QED) is 0.577. The molecule has 0 spiro atoms. The van der Waals surface area contributed by atoms with Crippen LogP contribution >= 0.6 is 0 Å². The molecular formula is C20H21NO4. The number of phenols is 2. The number of aromatic hydroxyl groups is 2. The minimum absolute atomic E-state index is 0.102. The van der Waals surface area contributed by atoms with Gasteiger partial charge >= 0.3 is 0 Å². The highest BCUT2D eigenvalue weighted by atomic mass is 16.5. The first-order valence-electron chi connectivity index (χ1n) is 8.32. The van der Waals surface area contributed by atoms with E-state index >= 15 is 0 Å². The van der Waals surface area contributed by atoms with Gasteiger partial charge in [0.15, 0.2) is 11.5 Å². The number of carbonyl (C=O) groups excluding carboxylic acids is 1. The molecule has 25 heavy (non-hydrogen) atoms. The molecule has 5 nitrogen and oxygen atoms in total. The van der Waals surface area contributed by atoms with Crippen LogP contribution in [0.4, 0.5) is 0 Å². The predicted molar refractivity (Wildman–Crippen MR) is 96.4 cm³/mol. The maximum Gasteiger partial charge on any atom is 0.251 e. The smallest absolute Gasteiger partial charge is 0.251 e. The standard InChI is InChI=1S/C20H21NO4/c22-18-10-7-15(12-19(18)23)4-3-14-5-8-16(9-6-14)20(24)21-13-17-2-1-11-25-17/h3-10,12,17,22-23H,1-2,11,13H2,(H,21,24)/b4-3-. The molecule has 1 aliphatic heterocycles. The number of amides is 1. The predicted octanol–water partition coefficient (Wildman–Crippen LogP) is 3.18. The van der Waals surface area contributed by atoms with E-state index in [0.29, 0.717) is 12.1 Å². The third-order valence-electron chi connectivity index (χ3n) is 4.15. The van der Waals surface area contributed by atoms with Crippen LogP contribution in [0.1, 0.15) is 34.3 Å². The fraction of sp³-hybridized carbons (Fsp3) is 0.250. The minimum atomic E-state index is -0.152. The molecule has 5 heteroatoms. The number of phenolic OH excluding ortho intramolecular Hbond substituents is 2. The van der Waals surface area contributed by atoms with E-state index in [1.54, 1.807) is 18.2 Å². The van der Waals surface area contributed by atoms with Crippen molar-refractivity contribution in [1.29, 1.82) is 0 Å². The van der Waals surface area contributed by atoms with Gasteiger partial charge in [0, 0.05) is 18.7 Å². The molecule has 0 saturated carbocycles. The zero-order valence-corrected chi connectivity index (χ0v) is 13.8. The Morgan fingerprint density at radius 3 is 2.48 bits per heavy atom. The van der Waals surface area contributed by atoms with Crippen molar-refractivity contribution in [2.24, 2.45) is 0 Å². The zero-order chi connectivity index (χ0) is 17.6. The average molecular weight is 339 g/mol. The molecule has 1 saturated heterocycles. The summed E-state index contributed by atoms with van der Waals surface area (Å²) in [6.45, 7) is 1.32. The van der Waals surface area contributed by atoms with Crippen LogP contribution < -0.4 is 5.32 Å². The number of ether oxygens (including phenoxy) is 1. The highest BCUT2D eigenvalue weighted by Crippen LogP contribution is 2.25. The average Bonchev–Trinajstić information content (AvgIpc) is 3.15. The summed E-state index contributed by atoms with van der Waals surface area (Å²) in [4.78, 5) is 12.1. The van der Waals surface area contributed by atoms with Gasteiger partial charge in [-0.2, -0.15) is 0 Å². The Morgan fingerprint density at radius 2 is 1.80 bits per heavy atom. The van der Waals surface area contributed by atoms with Crippen molar-refractivity contribution < 1.29 is 19.7 Å². The topological polar surface area (TPSA) is 78.8 Å². The first-order chi connectivity index (χ1) is 12.1. The molecular weight excluding hydrogens is 318 g/mol. The summed E-state index contributed by atoms with van der Waals surface area (Å²) < 4.78 is 5.49. The van der Waals surface area contributed by atoms with Gasteiger partial charge in [-0.25, -0.2) is 0 Å². The van der Waals surface area contributed by atoms with Crippen LogP contribution in [-0.4, -0.2) is 35.4 Å². The molecule has 2 aromatic carbocycles. The van der Waals surface area contributed by atoms with Crippen LogP contribution in [0.25, 0.3) is 12.2 Å². The lowest BCUT2D eigenvalue weighted by Gasteiger charge is -2.10. The second-order valence-corrected chi connectivity index (χ2v) is 6.05. The molecule has 130 valence electrons. The first kappa shape index (κ1) is 17.0. The summed E-state index contributed by atoms with van der Waals surface area (Å²) in [6, 6.07) is 11.9. The highest BCUT2D eigenvalue weighted by molar-refractivity contribution is 5.94. The third kappa shape index (κ3) is 4.61. The zero-order valence-electron chi connectivity index (χ0n) is 13.8. The van der Waals surface area contributed by atoms with Gasteiger partial charge in [0.05, 0.1) is 6.10 Å². The Morgan fingerprint density at radius 1 is 1.08 bits per heavy atom. The summed E-state index contributed by atoms with van der Waals surface area (Å²) in [5.74, 6) is -0.398. The number of nitrogens with one attached hydrogen (secondary N) is 1. The lowest BCUT2D eigenvalue weighted by atomic mass is 10.1. The Hall–Kier alpha value is -2.79.